The molecule has 0 amide bonds. The van der Waals surface area contributed by atoms with E-state index in [0.717, 1.165) is 25.7 Å². The Morgan fingerprint density at radius 1 is 0.750 bits per heavy atom. The van der Waals surface area contributed by atoms with Crippen molar-refractivity contribution in [3.63, 3.8) is 0 Å². The maximum atomic E-state index is 15.0. The summed E-state index contributed by atoms with van der Waals surface area (Å²) >= 11 is 0. The summed E-state index contributed by atoms with van der Waals surface area (Å²) in [6.07, 6.45) is -5.73. The van der Waals surface area contributed by atoms with Gasteiger partial charge in [-0.05, 0) is 95.1 Å². The molecule has 0 aliphatic heterocycles. The molecule has 0 saturated heterocycles. The van der Waals surface area contributed by atoms with E-state index in [9.17, 15) is 26.3 Å². The van der Waals surface area contributed by atoms with Crippen LogP contribution >= 0.6 is 0 Å². The van der Waals surface area contributed by atoms with Crippen LogP contribution in [0, 0.1) is 23.7 Å². The lowest BCUT2D eigenvalue weighted by Crippen LogP contribution is -2.39. The zero-order valence-corrected chi connectivity index (χ0v) is 20.3. The second-order valence-electron chi connectivity index (χ2n) is 9.72. The highest BCUT2D eigenvalue weighted by molar-refractivity contribution is 5.52. The van der Waals surface area contributed by atoms with Gasteiger partial charge >= 0.3 is 18.5 Å². The first-order valence-electron chi connectivity index (χ1n) is 12.4. The quantitative estimate of drug-likeness (QED) is 0.259. The summed E-state index contributed by atoms with van der Waals surface area (Å²) in [4.78, 5) is 0. The molecule has 3 rings (SSSR count). The number of alkyl halides is 8. The number of allylic oxidation sites excluding steroid dienone is 2. The topological polar surface area (TPSA) is 18.5 Å². The molecule has 2 fully saturated rings. The molecule has 0 N–H and O–H groups in total. The Morgan fingerprint density at radius 3 is 1.69 bits per heavy atom. The van der Waals surface area contributed by atoms with E-state index in [1.807, 2.05) is 13.0 Å². The molecule has 2 aliphatic carbocycles. The van der Waals surface area contributed by atoms with Gasteiger partial charge in [0.05, 0.1) is 12.5 Å². The van der Waals surface area contributed by atoms with Gasteiger partial charge in [0.25, 0.3) is 0 Å². The van der Waals surface area contributed by atoms with Gasteiger partial charge in [0.15, 0.2) is 0 Å². The smallest absolute Gasteiger partial charge is 0.420 e. The summed E-state index contributed by atoms with van der Waals surface area (Å²) in [5.41, 5.74) is -4.46. The van der Waals surface area contributed by atoms with Gasteiger partial charge in [0.2, 0.25) is 0 Å². The minimum atomic E-state index is -5.59. The highest BCUT2D eigenvalue weighted by Gasteiger charge is 2.51. The molecule has 204 valence electrons. The van der Waals surface area contributed by atoms with Crippen LogP contribution in [0.4, 0.5) is 35.1 Å². The molecule has 1 aromatic carbocycles. The van der Waals surface area contributed by atoms with Crippen molar-refractivity contribution in [3.8, 4) is 11.5 Å². The van der Waals surface area contributed by atoms with Gasteiger partial charge in [-0.25, -0.2) is 0 Å². The van der Waals surface area contributed by atoms with Gasteiger partial charge in [-0.2, -0.15) is 35.1 Å². The Balaban J connectivity index is 1.76. The minimum absolute atomic E-state index is 0.0387. The van der Waals surface area contributed by atoms with Crippen molar-refractivity contribution in [2.24, 2.45) is 23.7 Å². The lowest BCUT2D eigenvalue weighted by atomic mass is 9.69. The number of rotatable bonds is 7. The Morgan fingerprint density at radius 2 is 1.22 bits per heavy atom. The maximum absolute atomic E-state index is 15.0. The summed E-state index contributed by atoms with van der Waals surface area (Å²) in [6.45, 7) is 2.94. The van der Waals surface area contributed by atoms with Gasteiger partial charge in [0, 0.05) is 0 Å². The molecule has 0 spiro atoms. The normalized spacial score (nSPS) is 26.3. The van der Waals surface area contributed by atoms with Crippen LogP contribution in [0.5, 0.6) is 11.5 Å². The standard InChI is InChI=1S/C26H32F8O2/c1-3-5-16-6-8-17(9-7-16)18-10-12-19(13-11-18)26(33,34)36-21-15-14-20(35-4-2)22(24(27,28)29)23(21)25(30,31)32/h3,5,14-19H,4,6-13H2,1-2H3. The molecular weight excluding hydrogens is 496 g/mol. The molecule has 1 aromatic rings. The van der Waals surface area contributed by atoms with Gasteiger partial charge in [0.1, 0.15) is 22.6 Å². The van der Waals surface area contributed by atoms with Crippen LogP contribution in [0.15, 0.2) is 24.3 Å². The first-order chi connectivity index (χ1) is 16.8. The molecule has 0 unspecified atom stereocenters. The molecule has 0 radical (unpaired) electrons. The first kappa shape index (κ1) is 28.6. The average molecular weight is 529 g/mol. The maximum Gasteiger partial charge on any atom is 0.420 e. The number of hydrogen-bond acceptors (Lipinski definition) is 2. The minimum Gasteiger partial charge on any atom is -0.493 e. The average Bonchev–Trinajstić information content (AvgIpc) is 2.79. The van der Waals surface area contributed by atoms with Gasteiger partial charge in [-0.3, -0.25) is 0 Å². The van der Waals surface area contributed by atoms with Crippen molar-refractivity contribution in [2.45, 2.75) is 83.7 Å². The van der Waals surface area contributed by atoms with Crippen LogP contribution < -0.4 is 9.47 Å². The van der Waals surface area contributed by atoms with E-state index in [1.165, 1.54) is 6.92 Å². The molecule has 0 heterocycles. The van der Waals surface area contributed by atoms with Crippen LogP contribution in [0.1, 0.15) is 76.3 Å². The van der Waals surface area contributed by atoms with E-state index < -0.39 is 47.0 Å². The van der Waals surface area contributed by atoms with Crippen molar-refractivity contribution in [3.05, 3.63) is 35.4 Å². The Bertz CT molecular complexity index is 890. The predicted molar refractivity (Wildman–Crippen MR) is 119 cm³/mol. The zero-order chi connectivity index (χ0) is 26.7. The number of hydrogen-bond donors (Lipinski definition) is 0. The molecule has 36 heavy (non-hydrogen) atoms. The summed E-state index contributed by atoms with van der Waals surface area (Å²) < 4.78 is 121. The van der Waals surface area contributed by atoms with Crippen molar-refractivity contribution < 1.29 is 44.6 Å². The van der Waals surface area contributed by atoms with Gasteiger partial charge < -0.3 is 9.47 Å². The summed E-state index contributed by atoms with van der Waals surface area (Å²) in [7, 11) is 0. The second kappa shape index (κ2) is 11.2. The SMILES string of the molecule is CC=CC1CCC(C2CCC(C(F)(F)Oc3ccc(OCC)c(C(F)(F)F)c3C(F)(F)F)CC2)CC1. The molecule has 2 aliphatic rings. The van der Waals surface area contributed by atoms with E-state index in [2.05, 4.69) is 10.8 Å². The Hall–Kier alpha value is -2.00. The van der Waals surface area contributed by atoms with Crippen LogP contribution in [0.3, 0.4) is 0 Å². The number of ether oxygens (including phenoxy) is 2. The fraction of sp³-hybridized carbons (Fsp3) is 0.692. The van der Waals surface area contributed by atoms with Crippen LogP contribution in [0.2, 0.25) is 0 Å². The molecule has 2 nitrogen and oxygen atoms in total. The monoisotopic (exact) mass is 528 g/mol. The highest BCUT2D eigenvalue weighted by atomic mass is 19.4. The number of halogens is 8. The molecular formula is C26H32F8O2. The predicted octanol–water partition coefficient (Wildman–Crippen LogP) is 9.28. The molecule has 0 aromatic heterocycles. The Labute approximate surface area is 206 Å². The van der Waals surface area contributed by atoms with Gasteiger partial charge in [-0.1, -0.05) is 12.2 Å². The van der Waals surface area contributed by atoms with Crippen LogP contribution in [0.25, 0.3) is 0 Å². The van der Waals surface area contributed by atoms with Gasteiger partial charge in [-0.15, -0.1) is 0 Å². The second-order valence-corrected chi connectivity index (χ2v) is 9.72. The number of benzene rings is 1. The third-order valence-corrected chi connectivity index (χ3v) is 7.44. The lowest BCUT2D eigenvalue weighted by Gasteiger charge is -2.39. The third kappa shape index (κ3) is 6.65. The van der Waals surface area contributed by atoms with Crippen molar-refractivity contribution in [1.29, 1.82) is 0 Å². The summed E-state index contributed by atoms with van der Waals surface area (Å²) in [5.74, 6) is -2.78. The van der Waals surface area contributed by atoms with Crippen LogP contribution in [-0.2, 0) is 12.4 Å². The van der Waals surface area contributed by atoms with E-state index in [4.69, 9.17) is 4.74 Å². The summed E-state index contributed by atoms with van der Waals surface area (Å²) in [6, 6.07) is 1.07. The van der Waals surface area contributed by atoms with E-state index in [-0.39, 0.29) is 25.4 Å². The first-order valence-corrected chi connectivity index (χ1v) is 12.4. The van der Waals surface area contributed by atoms with E-state index in [0.29, 0.717) is 36.8 Å². The molecule has 0 bridgehead atoms. The molecule has 2 saturated carbocycles. The van der Waals surface area contributed by atoms with Crippen molar-refractivity contribution in [2.75, 3.05) is 6.61 Å². The highest BCUT2D eigenvalue weighted by Crippen LogP contribution is 2.51. The fourth-order valence-corrected chi connectivity index (χ4v) is 5.73. The largest absolute Gasteiger partial charge is 0.493 e. The Kier molecular flexibility index (Phi) is 8.87. The molecule has 0 atom stereocenters. The van der Waals surface area contributed by atoms with Crippen molar-refractivity contribution >= 4 is 0 Å². The zero-order valence-electron chi connectivity index (χ0n) is 20.3. The lowest BCUT2D eigenvalue weighted by molar-refractivity contribution is -0.228. The summed E-state index contributed by atoms with van der Waals surface area (Å²) in [5, 5.41) is 0. The van der Waals surface area contributed by atoms with Crippen molar-refractivity contribution in [1.82, 2.24) is 0 Å². The van der Waals surface area contributed by atoms with E-state index in [1.54, 1.807) is 0 Å². The molecule has 10 heteroatoms. The van der Waals surface area contributed by atoms with E-state index >= 15 is 8.78 Å². The third-order valence-electron chi connectivity index (χ3n) is 7.44. The fourth-order valence-electron chi connectivity index (χ4n) is 5.73. The van der Waals surface area contributed by atoms with Crippen LogP contribution in [-0.4, -0.2) is 12.7 Å².